The molecule has 2 aromatic heterocycles. The van der Waals surface area contributed by atoms with Crippen LogP contribution in [-0.2, 0) is 4.74 Å². The number of likely N-dealkylation sites (tertiary alicyclic amines) is 1. The number of ether oxygens (including phenoxy) is 1. The minimum absolute atomic E-state index is 0.0949. The van der Waals surface area contributed by atoms with Gasteiger partial charge in [-0.1, -0.05) is 0 Å². The van der Waals surface area contributed by atoms with Crippen LogP contribution in [0, 0.1) is 0 Å². The molecule has 1 spiro atoms. The van der Waals surface area contributed by atoms with Gasteiger partial charge in [0.15, 0.2) is 5.82 Å². The van der Waals surface area contributed by atoms with Crippen molar-refractivity contribution in [3.63, 3.8) is 0 Å². The fourth-order valence-corrected chi connectivity index (χ4v) is 3.69. The van der Waals surface area contributed by atoms with Gasteiger partial charge in [-0.3, -0.25) is 9.78 Å². The lowest BCUT2D eigenvalue weighted by Crippen LogP contribution is -2.36. The Morgan fingerprint density at radius 3 is 2.67 bits per heavy atom. The molecule has 27 heavy (non-hydrogen) atoms. The molecule has 0 N–H and O–H groups in total. The van der Waals surface area contributed by atoms with Crippen LogP contribution in [0.2, 0.25) is 0 Å². The number of amides is 2. The lowest BCUT2D eigenvalue weighted by Gasteiger charge is -2.25. The normalized spacial score (nSPS) is 22.6. The summed E-state index contributed by atoms with van der Waals surface area (Å²) in [6, 6.07) is 3.69. The molecule has 0 aromatic carbocycles. The molecular formula is C19H21N5O3. The van der Waals surface area contributed by atoms with E-state index in [0.29, 0.717) is 37.4 Å². The Bertz CT molecular complexity index is 842. The second-order valence-electron chi connectivity index (χ2n) is 7.09. The molecule has 1 atom stereocenters. The van der Waals surface area contributed by atoms with Crippen molar-refractivity contribution in [2.75, 3.05) is 26.7 Å². The van der Waals surface area contributed by atoms with Crippen molar-refractivity contribution < 1.29 is 14.3 Å². The quantitative estimate of drug-likeness (QED) is 0.806. The largest absolute Gasteiger partial charge is 0.441 e. The van der Waals surface area contributed by atoms with Crippen LogP contribution >= 0.6 is 0 Å². The van der Waals surface area contributed by atoms with Crippen molar-refractivity contribution in [3.05, 3.63) is 42.5 Å². The standard InChI is InChI=1S/C19H21N5O3/c1-23-13-19(27-18(23)26)5-3-8-24(9-6-19)17(25)15-11-21-16(22-12-15)14-4-2-7-20-10-14/h2,4,7,10-12H,3,5-6,8-9,13H2,1H3/t19-/m0/s1. The highest BCUT2D eigenvalue weighted by Crippen LogP contribution is 2.32. The SMILES string of the molecule is CN1C[C@@]2(CCCN(C(=O)c3cnc(-c4cccnc4)nc3)CC2)OC1=O. The van der Waals surface area contributed by atoms with E-state index in [9.17, 15) is 9.59 Å². The molecule has 4 heterocycles. The zero-order valence-electron chi connectivity index (χ0n) is 15.2. The summed E-state index contributed by atoms with van der Waals surface area (Å²) in [5.41, 5.74) is 0.793. The van der Waals surface area contributed by atoms with Crippen molar-refractivity contribution in [1.29, 1.82) is 0 Å². The summed E-state index contributed by atoms with van der Waals surface area (Å²) in [6.45, 7) is 1.76. The Morgan fingerprint density at radius 1 is 1.19 bits per heavy atom. The summed E-state index contributed by atoms with van der Waals surface area (Å²) < 4.78 is 5.60. The van der Waals surface area contributed by atoms with Crippen molar-refractivity contribution in [1.82, 2.24) is 24.8 Å². The molecule has 2 fully saturated rings. The Hall–Kier alpha value is -3.03. The minimum atomic E-state index is -0.471. The van der Waals surface area contributed by atoms with E-state index < -0.39 is 5.60 Å². The van der Waals surface area contributed by atoms with Gasteiger partial charge in [-0.05, 0) is 25.0 Å². The van der Waals surface area contributed by atoms with Gasteiger partial charge in [0.2, 0.25) is 0 Å². The fraction of sp³-hybridized carbons (Fsp3) is 0.421. The summed E-state index contributed by atoms with van der Waals surface area (Å²) in [6.07, 6.45) is 8.41. The van der Waals surface area contributed by atoms with Crippen LogP contribution in [0.15, 0.2) is 36.9 Å². The molecule has 2 amide bonds. The van der Waals surface area contributed by atoms with Gasteiger partial charge in [-0.15, -0.1) is 0 Å². The second kappa shape index (κ2) is 6.94. The fourth-order valence-electron chi connectivity index (χ4n) is 3.69. The van der Waals surface area contributed by atoms with Gasteiger partial charge < -0.3 is 14.5 Å². The van der Waals surface area contributed by atoms with Gasteiger partial charge >= 0.3 is 6.09 Å². The van der Waals surface area contributed by atoms with Crippen molar-refractivity contribution in [2.45, 2.75) is 24.9 Å². The summed E-state index contributed by atoms with van der Waals surface area (Å²) in [4.78, 5) is 40.7. The van der Waals surface area contributed by atoms with E-state index in [4.69, 9.17) is 4.74 Å². The van der Waals surface area contributed by atoms with Crippen LogP contribution in [0.4, 0.5) is 4.79 Å². The van der Waals surface area contributed by atoms with Crippen LogP contribution in [0.3, 0.4) is 0 Å². The Labute approximate surface area is 157 Å². The molecule has 0 unspecified atom stereocenters. The summed E-state index contributed by atoms with van der Waals surface area (Å²) in [5, 5.41) is 0. The highest BCUT2D eigenvalue weighted by atomic mass is 16.6. The molecule has 2 aliphatic rings. The third kappa shape index (κ3) is 3.47. The van der Waals surface area contributed by atoms with Crippen LogP contribution < -0.4 is 0 Å². The number of hydrogen-bond acceptors (Lipinski definition) is 6. The van der Waals surface area contributed by atoms with E-state index in [1.54, 1.807) is 41.6 Å². The molecule has 4 rings (SSSR count). The summed E-state index contributed by atoms with van der Waals surface area (Å²) >= 11 is 0. The smallest absolute Gasteiger partial charge is 0.410 e. The van der Waals surface area contributed by atoms with Gasteiger partial charge in [0.1, 0.15) is 5.60 Å². The molecule has 140 valence electrons. The molecule has 2 aliphatic heterocycles. The van der Waals surface area contributed by atoms with Gasteiger partial charge in [0.25, 0.3) is 5.91 Å². The van der Waals surface area contributed by atoms with Crippen molar-refractivity contribution in [2.24, 2.45) is 0 Å². The predicted octanol–water partition coefficient (Wildman–Crippen LogP) is 1.99. The van der Waals surface area contributed by atoms with E-state index in [-0.39, 0.29) is 12.0 Å². The number of rotatable bonds is 2. The zero-order chi connectivity index (χ0) is 18.9. The van der Waals surface area contributed by atoms with Gasteiger partial charge in [0, 0.05) is 56.9 Å². The number of hydrogen-bond donors (Lipinski definition) is 0. The molecule has 0 bridgehead atoms. The first-order chi connectivity index (χ1) is 13.1. The zero-order valence-corrected chi connectivity index (χ0v) is 15.2. The van der Waals surface area contributed by atoms with Crippen LogP contribution in [0.5, 0.6) is 0 Å². The predicted molar refractivity (Wildman–Crippen MR) is 96.9 cm³/mol. The van der Waals surface area contributed by atoms with Crippen LogP contribution in [-0.4, -0.2) is 69.0 Å². The lowest BCUT2D eigenvalue weighted by atomic mass is 9.95. The third-order valence-corrected chi connectivity index (χ3v) is 5.14. The average molecular weight is 367 g/mol. The molecule has 2 saturated heterocycles. The molecule has 2 aromatic rings. The molecule has 0 aliphatic carbocycles. The number of aromatic nitrogens is 3. The Balaban J connectivity index is 1.45. The second-order valence-corrected chi connectivity index (χ2v) is 7.09. The van der Waals surface area contributed by atoms with E-state index in [2.05, 4.69) is 15.0 Å². The topological polar surface area (TPSA) is 88.5 Å². The average Bonchev–Trinajstić information content (AvgIpc) is 2.85. The summed E-state index contributed by atoms with van der Waals surface area (Å²) in [5.74, 6) is 0.442. The minimum Gasteiger partial charge on any atom is -0.441 e. The summed E-state index contributed by atoms with van der Waals surface area (Å²) in [7, 11) is 1.74. The third-order valence-electron chi connectivity index (χ3n) is 5.14. The highest BCUT2D eigenvalue weighted by molar-refractivity contribution is 5.93. The molecule has 0 radical (unpaired) electrons. The van der Waals surface area contributed by atoms with Crippen LogP contribution in [0.1, 0.15) is 29.6 Å². The highest BCUT2D eigenvalue weighted by Gasteiger charge is 2.44. The molecule has 8 nitrogen and oxygen atoms in total. The first-order valence-electron chi connectivity index (χ1n) is 9.02. The Morgan fingerprint density at radius 2 is 2.00 bits per heavy atom. The number of likely N-dealkylation sites (N-methyl/N-ethyl adjacent to an activating group) is 1. The van der Waals surface area contributed by atoms with Gasteiger partial charge in [-0.2, -0.15) is 0 Å². The first kappa shape index (κ1) is 17.4. The van der Waals surface area contributed by atoms with Gasteiger partial charge in [0.05, 0.1) is 12.1 Å². The lowest BCUT2D eigenvalue weighted by molar-refractivity contribution is 0.0438. The molecule has 8 heteroatoms. The van der Waals surface area contributed by atoms with E-state index in [1.165, 1.54) is 0 Å². The van der Waals surface area contributed by atoms with E-state index >= 15 is 0 Å². The number of carbonyl (C=O) groups is 2. The maximum absolute atomic E-state index is 12.8. The number of pyridine rings is 1. The van der Waals surface area contributed by atoms with Crippen molar-refractivity contribution in [3.8, 4) is 11.4 Å². The monoisotopic (exact) mass is 367 g/mol. The Kier molecular flexibility index (Phi) is 4.47. The number of carbonyl (C=O) groups excluding carboxylic acids is 2. The number of nitrogens with zero attached hydrogens (tertiary/aromatic N) is 5. The maximum atomic E-state index is 12.8. The molecule has 0 saturated carbocycles. The maximum Gasteiger partial charge on any atom is 0.410 e. The van der Waals surface area contributed by atoms with E-state index in [1.807, 2.05) is 12.1 Å². The van der Waals surface area contributed by atoms with Gasteiger partial charge in [-0.25, -0.2) is 14.8 Å². The van der Waals surface area contributed by atoms with Crippen molar-refractivity contribution >= 4 is 12.0 Å². The van der Waals surface area contributed by atoms with Crippen LogP contribution in [0.25, 0.3) is 11.4 Å². The van der Waals surface area contributed by atoms with E-state index in [0.717, 1.165) is 18.4 Å². The first-order valence-corrected chi connectivity index (χ1v) is 9.02. The molecular weight excluding hydrogens is 346 g/mol.